The number of aryl methyl sites for hydroxylation is 3. The third kappa shape index (κ3) is 2.85. The van der Waals surface area contributed by atoms with Gasteiger partial charge >= 0.3 is 0 Å². The lowest BCUT2D eigenvalue weighted by Gasteiger charge is -2.11. The van der Waals surface area contributed by atoms with Crippen molar-refractivity contribution < 1.29 is 8.42 Å². The van der Waals surface area contributed by atoms with Gasteiger partial charge in [-0.25, -0.2) is 13.6 Å². The predicted molar refractivity (Wildman–Crippen MR) is 77.5 cm³/mol. The molecule has 0 bridgehead atoms. The lowest BCUT2D eigenvalue weighted by Crippen LogP contribution is -2.13. The molecule has 0 spiro atoms. The average Bonchev–Trinajstić information content (AvgIpc) is 2.31. The predicted octanol–water partition coefficient (Wildman–Crippen LogP) is 2.93. The highest BCUT2D eigenvalue weighted by Gasteiger charge is 2.15. The van der Waals surface area contributed by atoms with Gasteiger partial charge in [0.25, 0.3) is 0 Å². The zero-order valence-corrected chi connectivity index (χ0v) is 12.1. The van der Waals surface area contributed by atoms with Gasteiger partial charge in [0, 0.05) is 5.56 Å². The van der Waals surface area contributed by atoms with Crippen LogP contribution in [-0.2, 0) is 10.0 Å². The van der Waals surface area contributed by atoms with Crippen molar-refractivity contribution >= 4 is 10.0 Å². The molecule has 0 aliphatic carbocycles. The Balaban J connectivity index is 2.73. The van der Waals surface area contributed by atoms with Gasteiger partial charge in [0.15, 0.2) is 0 Å². The first-order valence-corrected chi connectivity index (χ1v) is 7.55. The molecule has 0 saturated carbocycles. The molecule has 19 heavy (non-hydrogen) atoms. The maximum Gasteiger partial charge on any atom is 0.238 e. The second kappa shape index (κ2) is 4.79. The molecule has 0 unspecified atom stereocenters. The zero-order chi connectivity index (χ0) is 14.2. The molecule has 2 aromatic rings. The second-order valence-electron chi connectivity index (χ2n) is 4.84. The van der Waals surface area contributed by atoms with E-state index in [1.165, 1.54) is 5.56 Å². The summed E-state index contributed by atoms with van der Waals surface area (Å²) in [5.74, 6) is 0. The molecule has 0 amide bonds. The second-order valence-corrected chi connectivity index (χ2v) is 6.37. The van der Waals surface area contributed by atoms with E-state index in [4.69, 9.17) is 5.14 Å². The molecule has 0 radical (unpaired) electrons. The summed E-state index contributed by atoms with van der Waals surface area (Å²) in [5.41, 5.74) is 4.83. The van der Waals surface area contributed by atoms with Crippen LogP contribution in [0.25, 0.3) is 11.1 Å². The summed E-state index contributed by atoms with van der Waals surface area (Å²) in [6.07, 6.45) is 0. The maximum atomic E-state index is 11.7. The monoisotopic (exact) mass is 275 g/mol. The standard InChI is InChI=1S/C15H17NO2S/c1-10-4-7-15(19(16,17)18)14(8-10)13-6-5-11(2)12(3)9-13/h4-9H,1-3H3,(H2,16,17,18). The van der Waals surface area contributed by atoms with E-state index in [0.717, 1.165) is 16.7 Å². The molecule has 2 N–H and O–H groups in total. The minimum absolute atomic E-state index is 0.168. The van der Waals surface area contributed by atoms with Gasteiger partial charge in [-0.05, 0) is 43.5 Å². The highest BCUT2D eigenvalue weighted by atomic mass is 32.2. The maximum absolute atomic E-state index is 11.7. The van der Waals surface area contributed by atoms with Crippen molar-refractivity contribution in [3.05, 3.63) is 53.1 Å². The quantitative estimate of drug-likeness (QED) is 0.916. The van der Waals surface area contributed by atoms with Gasteiger partial charge in [0.1, 0.15) is 0 Å². The minimum Gasteiger partial charge on any atom is -0.225 e. The molecule has 0 heterocycles. The number of sulfonamides is 1. The Labute approximate surface area is 114 Å². The van der Waals surface area contributed by atoms with Crippen molar-refractivity contribution in [1.82, 2.24) is 0 Å². The molecule has 0 aromatic heterocycles. The fourth-order valence-electron chi connectivity index (χ4n) is 2.03. The Bertz CT molecular complexity index is 734. The van der Waals surface area contributed by atoms with Crippen LogP contribution in [0, 0.1) is 20.8 Å². The van der Waals surface area contributed by atoms with E-state index in [-0.39, 0.29) is 4.90 Å². The van der Waals surface area contributed by atoms with E-state index in [9.17, 15) is 8.42 Å². The number of hydrogen-bond acceptors (Lipinski definition) is 2. The Morgan fingerprint density at radius 3 is 2.16 bits per heavy atom. The van der Waals surface area contributed by atoms with Gasteiger partial charge in [-0.1, -0.05) is 35.9 Å². The Kier molecular flexibility index (Phi) is 3.47. The van der Waals surface area contributed by atoms with Crippen molar-refractivity contribution in [2.45, 2.75) is 25.7 Å². The van der Waals surface area contributed by atoms with E-state index in [1.807, 2.05) is 45.0 Å². The Morgan fingerprint density at radius 1 is 0.895 bits per heavy atom. The van der Waals surface area contributed by atoms with Crippen LogP contribution in [0.5, 0.6) is 0 Å². The Morgan fingerprint density at radius 2 is 1.58 bits per heavy atom. The molecule has 0 atom stereocenters. The third-order valence-electron chi connectivity index (χ3n) is 3.26. The van der Waals surface area contributed by atoms with Crippen molar-refractivity contribution in [3.8, 4) is 11.1 Å². The van der Waals surface area contributed by atoms with E-state index >= 15 is 0 Å². The molecular weight excluding hydrogens is 258 g/mol. The highest BCUT2D eigenvalue weighted by molar-refractivity contribution is 7.89. The number of hydrogen-bond donors (Lipinski definition) is 1. The summed E-state index contributed by atoms with van der Waals surface area (Å²) in [6.45, 7) is 5.96. The average molecular weight is 275 g/mol. The summed E-state index contributed by atoms with van der Waals surface area (Å²) in [5, 5.41) is 5.29. The summed E-state index contributed by atoms with van der Waals surface area (Å²) in [4.78, 5) is 0.168. The first kappa shape index (κ1) is 13.8. The van der Waals surface area contributed by atoms with E-state index in [2.05, 4.69) is 0 Å². The van der Waals surface area contributed by atoms with Crippen LogP contribution in [0.4, 0.5) is 0 Å². The molecule has 3 nitrogen and oxygen atoms in total. The molecule has 100 valence electrons. The molecule has 0 aliphatic heterocycles. The summed E-state index contributed by atoms with van der Waals surface area (Å²) in [7, 11) is -3.72. The van der Waals surface area contributed by atoms with Crippen LogP contribution < -0.4 is 5.14 Å². The van der Waals surface area contributed by atoms with Crippen LogP contribution in [0.3, 0.4) is 0 Å². The summed E-state index contributed by atoms with van der Waals surface area (Å²) in [6, 6.07) is 11.1. The van der Waals surface area contributed by atoms with Gasteiger partial charge in [0.2, 0.25) is 10.0 Å². The molecule has 2 rings (SSSR count). The first-order valence-electron chi connectivity index (χ1n) is 6.00. The lowest BCUT2D eigenvalue weighted by atomic mass is 9.99. The molecule has 0 fully saturated rings. The Hall–Kier alpha value is -1.65. The molecule has 0 aliphatic rings. The van der Waals surface area contributed by atoms with Crippen molar-refractivity contribution in [3.63, 3.8) is 0 Å². The van der Waals surface area contributed by atoms with E-state index in [0.29, 0.717) is 5.56 Å². The molecule has 4 heteroatoms. The smallest absolute Gasteiger partial charge is 0.225 e. The molecule has 2 aromatic carbocycles. The van der Waals surface area contributed by atoms with Gasteiger partial charge < -0.3 is 0 Å². The lowest BCUT2D eigenvalue weighted by molar-refractivity contribution is 0.598. The number of primary sulfonamides is 1. The van der Waals surface area contributed by atoms with Crippen LogP contribution in [-0.4, -0.2) is 8.42 Å². The van der Waals surface area contributed by atoms with Gasteiger partial charge in [-0.3, -0.25) is 0 Å². The molecular formula is C15H17NO2S. The van der Waals surface area contributed by atoms with Crippen molar-refractivity contribution in [2.75, 3.05) is 0 Å². The fourth-order valence-corrected chi connectivity index (χ4v) is 2.77. The molecule has 0 saturated heterocycles. The van der Waals surface area contributed by atoms with Crippen molar-refractivity contribution in [2.24, 2.45) is 5.14 Å². The van der Waals surface area contributed by atoms with E-state index in [1.54, 1.807) is 12.1 Å². The van der Waals surface area contributed by atoms with Gasteiger partial charge in [-0.15, -0.1) is 0 Å². The van der Waals surface area contributed by atoms with Crippen LogP contribution in [0.2, 0.25) is 0 Å². The zero-order valence-electron chi connectivity index (χ0n) is 11.3. The minimum atomic E-state index is -3.72. The topological polar surface area (TPSA) is 60.2 Å². The largest absolute Gasteiger partial charge is 0.238 e. The van der Waals surface area contributed by atoms with Gasteiger partial charge in [0.05, 0.1) is 4.90 Å². The van der Waals surface area contributed by atoms with Gasteiger partial charge in [-0.2, -0.15) is 0 Å². The fraction of sp³-hybridized carbons (Fsp3) is 0.200. The van der Waals surface area contributed by atoms with E-state index < -0.39 is 10.0 Å². The summed E-state index contributed by atoms with van der Waals surface area (Å²) < 4.78 is 23.3. The first-order chi connectivity index (χ1) is 8.79. The number of benzene rings is 2. The number of rotatable bonds is 2. The summed E-state index contributed by atoms with van der Waals surface area (Å²) >= 11 is 0. The normalized spacial score (nSPS) is 11.6. The number of nitrogens with two attached hydrogens (primary N) is 1. The SMILES string of the molecule is Cc1ccc(S(N)(=O)=O)c(-c2ccc(C)c(C)c2)c1. The van der Waals surface area contributed by atoms with Crippen molar-refractivity contribution in [1.29, 1.82) is 0 Å². The van der Waals surface area contributed by atoms with Crippen LogP contribution in [0.1, 0.15) is 16.7 Å². The van der Waals surface area contributed by atoms with Crippen LogP contribution in [0.15, 0.2) is 41.3 Å². The van der Waals surface area contributed by atoms with Crippen LogP contribution >= 0.6 is 0 Å². The highest BCUT2D eigenvalue weighted by Crippen LogP contribution is 2.29. The third-order valence-corrected chi connectivity index (χ3v) is 4.23.